The molecule has 0 atom stereocenters. The Balaban J connectivity index is 1.79. The van der Waals surface area contributed by atoms with E-state index in [9.17, 15) is 14.7 Å². The number of fused-ring (bicyclic) bond motifs is 1. The molecular weight excluding hydrogens is 370 g/mol. The van der Waals surface area contributed by atoms with E-state index < -0.39 is 11.8 Å². The van der Waals surface area contributed by atoms with E-state index in [2.05, 4.69) is 20.9 Å². The number of nitrogens with zero attached hydrogens (tertiary/aromatic N) is 3. The van der Waals surface area contributed by atoms with Crippen LogP contribution in [-0.4, -0.2) is 31.7 Å². The molecule has 140 valence electrons. The lowest BCUT2D eigenvalue weighted by Gasteiger charge is -2.11. The normalized spacial score (nSPS) is 11.0. The summed E-state index contributed by atoms with van der Waals surface area (Å²) in [5.74, 6) is -1.47. The van der Waals surface area contributed by atoms with Crippen molar-refractivity contribution in [3.63, 3.8) is 0 Å². The van der Waals surface area contributed by atoms with Gasteiger partial charge in [0.15, 0.2) is 5.65 Å². The summed E-state index contributed by atoms with van der Waals surface area (Å²) in [6.07, 6.45) is 1.64. The summed E-state index contributed by atoms with van der Waals surface area (Å²) in [4.78, 5) is 29.1. The first kappa shape index (κ1) is 18.7. The first-order valence-corrected chi connectivity index (χ1v) is 8.59. The van der Waals surface area contributed by atoms with Crippen molar-refractivity contribution in [3.8, 4) is 5.75 Å². The van der Waals surface area contributed by atoms with E-state index >= 15 is 0 Å². The molecule has 2 heterocycles. The third-order valence-electron chi connectivity index (χ3n) is 3.99. The Morgan fingerprint density at radius 2 is 1.81 bits per heavy atom. The highest BCUT2D eigenvalue weighted by Gasteiger charge is 2.17. The molecule has 0 saturated carbocycles. The molecule has 27 heavy (non-hydrogen) atoms. The summed E-state index contributed by atoms with van der Waals surface area (Å²) in [5, 5.41) is 15.0. The van der Waals surface area contributed by atoms with E-state index in [1.165, 1.54) is 18.2 Å². The minimum Gasteiger partial charge on any atom is -0.507 e. The summed E-state index contributed by atoms with van der Waals surface area (Å²) >= 11 is 5.83. The standard InChI is InChI=1S/C18H18ClN5O3/c1-9(2)24-16-11(8-20-24)6-13(10(3)21-16)17(26)22-23-18(27)14-7-12(19)4-5-15(14)25/h4-9,25H,1-3H3,(H,22,26)(H,23,27). The number of amides is 2. The molecule has 2 amide bonds. The molecule has 2 aromatic heterocycles. The molecule has 0 bridgehead atoms. The molecule has 3 N–H and O–H groups in total. The van der Waals surface area contributed by atoms with Gasteiger partial charge < -0.3 is 5.11 Å². The number of benzene rings is 1. The largest absolute Gasteiger partial charge is 0.507 e. The van der Waals surface area contributed by atoms with Gasteiger partial charge in [0.1, 0.15) is 5.75 Å². The Bertz CT molecular complexity index is 1040. The summed E-state index contributed by atoms with van der Waals surface area (Å²) in [6, 6.07) is 5.86. The number of carbonyl (C=O) groups is 2. The van der Waals surface area contributed by atoms with Gasteiger partial charge in [0.05, 0.1) is 23.0 Å². The molecule has 0 spiro atoms. The molecule has 3 rings (SSSR count). The first-order chi connectivity index (χ1) is 12.8. The second kappa shape index (κ2) is 7.24. The second-order valence-corrected chi connectivity index (χ2v) is 6.72. The van der Waals surface area contributed by atoms with Gasteiger partial charge in [0.2, 0.25) is 0 Å². The van der Waals surface area contributed by atoms with E-state index in [1.54, 1.807) is 23.9 Å². The monoisotopic (exact) mass is 387 g/mol. The highest BCUT2D eigenvalue weighted by molar-refractivity contribution is 6.31. The van der Waals surface area contributed by atoms with E-state index in [0.29, 0.717) is 16.9 Å². The zero-order valence-corrected chi connectivity index (χ0v) is 15.7. The predicted molar refractivity (Wildman–Crippen MR) is 101 cm³/mol. The van der Waals surface area contributed by atoms with Crippen LogP contribution in [0.4, 0.5) is 0 Å². The molecule has 0 unspecified atom stereocenters. The highest BCUT2D eigenvalue weighted by Crippen LogP contribution is 2.21. The molecule has 8 nitrogen and oxygen atoms in total. The summed E-state index contributed by atoms with van der Waals surface area (Å²) in [6.45, 7) is 5.69. The number of halogens is 1. The summed E-state index contributed by atoms with van der Waals surface area (Å²) in [5.41, 5.74) is 6.02. The molecule has 0 aliphatic carbocycles. The van der Waals surface area contributed by atoms with Crippen LogP contribution in [0.25, 0.3) is 11.0 Å². The topological polar surface area (TPSA) is 109 Å². The molecule has 1 aromatic carbocycles. The van der Waals surface area contributed by atoms with Crippen LogP contribution >= 0.6 is 11.6 Å². The number of aromatic hydroxyl groups is 1. The lowest BCUT2D eigenvalue weighted by Crippen LogP contribution is -2.42. The van der Waals surface area contributed by atoms with E-state index in [4.69, 9.17) is 11.6 Å². The van der Waals surface area contributed by atoms with Crippen LogP contribution in [0.2, 0.25) is 5.02 Å². The minimum atomic E-state index is -0.692. The van der Waals surface area contributed by atoms with Crippen molar-refractivity contribution in [2.75, 3.05) is 0 Å². The van der Waals surface area contributed by atoms with Crippen LogP contribution in [0, 0.1) is 6.92 Å². The second-order valence-electron chi connectivity index (χ2n) is 6.29. The quantitative estimate of drug-likeness (QED) is 0.599. The molecule has 0 fully saturated rings. The Hall–Kier alpha value is -3.13. The average Bonchev–Trinajstić information content (AvgIpc) is 3.03. The summed E-state index contributed by atoms with van der Waals surface area (Å²) in [7, 11) is 0. The third kappa shape index (κ3) is 3.70. The van der Waals surface area contributed by atoms with E-state index in [-0.39, 0.29) is 22.4 Å². The number of nitrogens with one attached hydrogen (secondary N) is 2. The number of phenols is 1. The lowest BCUT2D eigenvalue weighted by atomic mass is 10.1. The Labute approximate surface area is 160 Å². The fraction of sp³-hybridized carbons (Fsp3) is 0.222. The van der Waals surface area contributed by atoms with Crippen LogP contribution < -0.4 is 10.9 Å². The molecule has 0 aliphatic rings. The fourth-order valence-electron chi connectivity index (χ4n) is 2.61. The minimum absolute atomic E-state index is 0.0497. The lowest BCUT2D eigenvalue weighted by molar-refractivity contribution is 0.0844. The van der Waals surface area contributed by atoms with Gasteiger partial charge in [-0.1, -0.05) is 11.6 Å². The van der Waals surface area contributed by atoms with Crippen molar-refractivity contribution in [2.45, 2.75) is 26.8 Å². The van der Waals surface area contributed by atoms with Crippen LogP contribution in [0.3, 0.4) is 0 Å². The Morgan fingerprint density at radius 1 is 1.15 bits per heavy atom. The molecule has 9 heteroatoms. The maximum atomic E-state index is 12.5. The van der Waals surface area contributed by atoms with E-state index in [0.717, 1.165) is 5.39 Å². The van der Waals surface area contributed by atoms with Gasteiger partial charge >= 0.3 is 0 Å². The molecule has 0 saturated heterocycles. The Kier molecular flexibility index (Phi) is 5.00. The highest BCUT2D eigenvalue weighted by atomic mass is 35.5. The summed E-state index contributed by atoms with van der Waals surface area (Å²) < 4.78 is 1.77. The predicted octanol–water partition coefficient (Wildman–Crippen LogP) is 2.75. The van der Waals surface area contributed by atoms with Gasteiger partial charge in [-0.05, 0) is 45.0 Å². The van der Waals surface area contributed by atoms with Crippen molar-refractivity contribution < 1.29 is 14.7 Å². The smallest absolute Gasteiger partial charge is 0.273 e. The van der Waals surface area contributed by atoms with Crippen LogP contribution in [0.15, 0.2) is 30.5 Å². The number of hydrogen-bond acceptors (Lipinski definition) is 5. The van der Waals surface area contributed by atoms with Crippen molar-refractivity contribution in [2.24, 2.45) is 0 Å². The van der Waals surface area contributed by atoms with Crippen molar-refractivity contribution in [3.05, 3.63) is 52.3 Å². The number of phenolic OH excluding ortho intramolecular Hbond substituents is 1. The number of pyridine rings is 1. The van der Waals surface area contributed by atoms with Crippen molar-refractivity contribution in [1.29, 1.82) is 0 Å². The number of carbonyl (C=O) groups excluding carboxylic acids is 2. The van der Waals surface area contributed by atoms with Gasteiger partial charge in [0, 0.05) is 16.5 Å². The molecule has 3 aromatic rings. The van der Waals surface area contributed by atoms with Crippen molar-refractivity contribution >= 4 is 34.4 Å². The Morgan fingerprint density at radius 3 is 2.48 bits per heavy atom. The number of hydrogen-bond donors (Lipinski definition) is 3. The van der Waals surface area contributed by atoms with Gasteiger partial charge in [-0.15, -0.1) is 0 Å². The maximum absolute atomic E-state index is 12.5. The number of aryl methyl sites for hydroxylation is 1. The third-order valence-corrected chi connectivity index (χ3v) is 4.22. The maximum Gasteiger partial charge on any atom is 0.273 e. The van der Waals surface area contributed by atoms with Gasteiger partial charge in [-0.25, -0.2) is 9.67 Å². The van der Waals surface area contributed by atoms with Gasteiger partial charge in [0.25, 0.3) is 11.8 Å². The zero-order valence-electron chi connectivity index (χ0n) is 14.9. The number of rotatable bonds is 3. The number of aromatic nitrogens is 3. The van der Waals surface area contributed by atoms with Crippen LogP contribution in [0.1, 0.15) is 46.3 Å². The number of hydrazine groups is 1. The van der Waals surface area contributed by atoms with Crippen LogP contribution in [0.5, 0.6) is 5.75 Å². The van der Waals surface area contributed by atoms with E-state index in [1.807, 2.05) is 13.8 Å². The first-order valence-electron chi connectivity index (χ1n) is 8.22. The molecule has 0 radical (unpaired) electrons. The zero-order chi connectivity index (χ0) is 19.7. The van der Waals surface area contributed by atoms with Gasteiger partial charge in [-0.2, -0.15) is 5.10 Å². The van der Waals surface area contributed by atoms with Crippen molar-refractivity contribution in [1.82, 2.24) is 25.6 Å². The fourth-order valence-corrected chi connectivity index (χ4v) is 2.78. The molecule has 0 aliphatic heterocycles. The SMILES string of the molecule is Cc1nc2c(cnn2C(C)C)cc1C(=O)NNC(=O)c1cc(Cl)ccc1O. The van der Waals surface area contributed by atoms with Crippen LogP contribution in [-0.2, 0) is 0 Å². The molecular formula is C18H18ClN5O3. The van der Waals surface area contributed by atoms with Gasteiger partial charge in [-0.3, -0.25) is 20.4 Å². The average molecular weight is 388 g/mol.